The van der Waals surface area contributed by atoms with Gasteiger partial charge < -0.3 is 5.11 Å². The van der Waals surface area contributed by atoms with E-state index < -0.39 is 23.5 Å². The summed E-state index contributed by atoms with van der Waals surface area (Å²) in [6, 6.07) is 4.69. The number of carbonyl (C=O) groups excluding carboxylic acids is 1. The summed E-state index contributed by atoms with van der Waals surface area (Å²) in [4.78, 5) is 22.1. The number of aliphatic carboxylic acids is 1. The first kappa shape index (κ1) is 16.2. The van der Waals surface area contributed by atoms with Gasteiger partial charge in [0.2, 0.25) is 0 Å². The standard InChI is InChI=1S/C14H15F3O3/c15-14(16,17)11-7-5-4-6-10(11)12(18)8-2-1-3-9-13(19)20/h4-7H,1-3,8-9H2,(H,19,20). The topological polar surface area (TPSA) is 54.4 Å². The lowest BCUT2D eigenvalue weighted by molar-refractivity contribution is -0.138. The second kappa shape index (κ2) is 7.07. The molecule has 0 bridgehead atoms. The lowest BCUT2D eigenvalue weighted by Crippen LogP contribution is -2.12. The molecule has 0 unspecified atom stereocenters. The van der Waals surface area contributed by atoms with Gasteiger partial charge in [0.15, 0.2) is 5.78 Å². The maximum absolute atomic E-state index is 12.7. The van der Waals surface area contributed by atoms with Crippen LogP contribution in [0.25, 0.3) is 0 Å². The minimum absolute atomic E-state index is 0.00723. The SMILES string of the molecule is O=C(O)CCCCCC(=O)c1ccccc1C(F)(F)F. The maximum Gasteiger partial charge on any atom is 0.417 e. The number of carbonyl (C=O) groups is 2. The van der Waals surface area contributed by atoms with Gasteiger partial charge in [0.25, 0.3) is 0 Å². The molecule has 1 aromatic rings. The summed E-state index contributed by atoms with van der Waals surface area (Å²) in [6.45, 7) is 0. The molecule has 0 saturated carbocycles. The van der Waals surface area contributed by atoms with Crippen LogP contribution in [0.3, 0.4) is 0 Å². The van der Waals surface area contributed by atoms with Gasteiger partial charge in [-0.05, 0) is 18.9 Å². The molecule has 0 radical (unpaired) electrons. The van der Waals surface area contributed by atoms with Crippen molar-refractivity contribution in [2.45, 2.75) is 38.3 Å². The number of unbranched alkanes of at least 4 members (excludes halogenated alkanes) is 2. The van der Waals surface area contributed by atoms with Crippen molar-refractivity contribution in [1.29, 1.82) is 0 Å². The molecule has 1 rings (SSSR count). The number of hydrogen-bond donors (Lipinski definition) is 1. The third kappa shape index (κ3) is 5.03. The Kier molecular flexibility index (Phi) is 5.73. The molecule has 6 heteroatoms. The zero-order valence-corrected chi connectivity index (χ0v) is 10.7. The summed E-state index contributed by atoms with van der Waals surface area (Å²) in [5, 5.41) is 8.43. The fourth-order valence-electron chi connectivity index (χ4n) is 1.85. The average molecular weight is 288 g/mol. The minimum Gasteiger partial charge on any atom is -0.481 e. The van der Waals surface area contributed by atoms with E-state index in [9.17, 15) is 22.8 Å². The Morgan fingerprint density at radius 1 is 1.00 bits per heavy atom. The zero-order chi connectivity index (χ0) is 15.2. The molecule has 0 aromatic heterocycles. The van der Waals surface area contributed by atoms with Gasteiger partial charge >= 0.3 is 12.1 Å². The van der Waals surface area contributed by atoms with Crippen LogP contribution in [0.5, 0.6) is 0 Å². The summed E-state index contributed by atoms with van der Waals surface area (Å²) in [6.07, 6.45) is -3.23. The molecule has 110 valence electrons. The van der Waals surface area contributed by atoms with E-state index in [0.717, 1.165) is 6.07 Å². The van der Waals surface area contributed by atoms with E-state index in [4.69, 9.17) is 5.11 Å². The van der Waals surface area contributed by atoms with Crippen molar-refractivity contribution in [1.82, 2.24) is 0 Å². The van der Waals surface area contributed by atoms with Crippen LogP contribution in [0, 0.1) is 0 Å². The highest BCUT2D eigenvalue weighted by molar-refractivity contribution is 5.97. The van der Waals surface area contributed by atoms with Crippen molar-refractivity contribution in [3.05, 3.63) is 35.4 Å². The Morgan fingerprint density at radius 2 is 1.60 bits per heavy atom. The minimum atomic E-state index is -4.55. The summed E-state index contributed by atoms with van der Waals surface area (Å²) in [7, 11) is 0. The molecule has 0 heterocycles. The molecule has 1 aromatic carbocycles. The van der Waals surface area contributed by atoms with Gasteiger partial charge in [-0.1, -0.05) is 24.6 Å². The van der Waals surface area contributed by atoms with Gasteiger partial charge in [0.1, 0.15) is 0 Å². The second-order valence-corrected chi connectivity index (χ2v) is 4.42. The van der Waals surface area contributed by atoms with Crippen molar-refractivity contribution in [3.63, 3.8) is 0 Å². The number of ketones is 1. The summed E-state index contributed by atoms with van der Waals surface area (Å²) in [5.74, 6) is -1.48. The monoisotopic (exact) mass is 288 g/mol. The third-order valence-electron chi connectivity index (χ3n) is 2.83. The van der Waals surface area contributed by atoms with Crippen molar-refractivity contribution >= 4 is 11.8 Å². The number of halogens is 3. The zero-order valence-electron chi connectivity index (χ0n) is 10.7. The van der Waals surface area contributed by atoms with Crippen LogP contribution < -0.4 is 0 Å². The largest absolute Gasteiger partial charge is 0.481 e. The van der Waals surface area contributed by atoms with Gasteiger partial charge in [-0.3, -0.25) is 9.59 Å². The lowest BCUT2D eigenvalue weighted by Gasteiger charge is -2.11. The van der Waals surface area contributed by atoms with Gasteiger partial charge in [-0.2, -0.15) is 13.2 Å². The normalized spacial score (nSPS) is 11.3. The fraction of sp³-hybridized carbons (Fsp3) is 0.429. The molecule has 0 amide bonds. The van der Waals surface area contributed by atoms with E-state index in [1.807, 2.05) is 0 Å². The van der Waals surface area contributed by atoms with E-state index in [1.54, 1.807) is 0 Å². The Hall–Kier alpha value is -1.85. The molecule has 3 nitrogen and oxygen atoms in total. The highest BCUT2D eigenvalue weighted by atomic mass is 19.4. The Bertz CT molecular complexity index is 481. The van der Waals surface area contributed by atoms with Gasteiger partial charge in [0.05, 0.1) is 5.56 Å². The second-order valence-electron chi connectivity index (χ2n) is 4.42. The van der Waals surface area contributed by atoms with E-state index in [2.05, 4.69) is 0 Å². The maximum atomic E-state index is 12.7. The van der Waals surface area contributed by atoms with Crippen molar-refractivity contribution in [3.8, 4) is 0 Å². The quantitative estimate of drug-likeness (QED) is 0.611. The molecule has 0 atom stereocenters. The van der Waals surface area contributed by atoms with Crippen LogP contribution in [0.15, 0.2) is 24.3 Å². The molecule has 0 aliphatic carbocycles. The summed E-state index contributed by atoms with van der Waals surface area (Å²) < 4.78 is 38.2. The number of alkyl halides is 3. The van der Waals surface area contributed by atoms with Crippen LogP contribution in [0.1, 0.15) is 48.0 Å². The lowest BCUT2D eigenvalue weighted by atomic mass is 9.99. The van der Waals surface area contributed by atoms with Gasteiger partial charge in [-0.15, -0.1) is 0 Å². The molecule has 0 spiro atoms. The molecule has 20 heavy (non-hydrogen) atoms. The highest BCUT2D eigenvalue weighted by Crippen LogP contribution is 2.32. The highest BCUT2D eigenvalue weighted by Gasteiger charge is 2.34. The van der Waals surface area contributed by atoms with Crippen LogP contribution in [-0.4, -0.2) is 16.9 Å². The predicted octanol–water partition coefficient (Wildman–Crippen LogP) is 3.92. The molecule has 0 saturated heterocycles. The van der Waals surface area contributed by atoms with Crippen molar-refractivity contribution in [2.75, 3.05) is 0 Å². The summed E-state index contributed by atoms with van der Waals surface area (Å²) >= 11 is 0. The first-order valence-corrected chi connectivity index (χ1v) is 6.23. The summed E-state index contributed by atoms with van der Waals surface area (Å²) in [5.41, 5.74) is -1.24. The molecule has 0 fully saturated rings. The number of hydrogen-bond acceptors (Lipinski definition) is 2. The Morgan fingerprint density at radius 3 is 2.20 bits per heavy atom. The molecular weight excluding hydrogens is 273 g/mol. The molecule has 0 aliphatic heterocycles. The van der Waals surface area contributed by atoms with Gasteiger partial charge in [0, 0.05) is 18.4 Å². The molecular formula is C14H15F3O3. The van der Waals surface area contributed by atoms with Gasteiger partial charge in [-0.25, -0.2) is 0 Å². The predicted molar refractivity (Wildman–Crippen MR) is 66.5 cm³/mol. The number of Topliss-reactive ketones (excluding diaryl/α,β-unsaturated/α-hetero) is 1. The number of benzene rings is 1. The van der Waals surface area contributed by atoms with Crippen LogP contribution in [-0.2, 0) is 11.0 Å². The Labute approximate surface area is 114 Å². The number of carboxylic acids is 1. The fourth-order valence-corrected chi connectivity index (χ4v) is 1.85. The van der Waals surface area contributed by atoms with Crippen molar-refractivity contribution < 1.29 is 27.9 Å². The first-order chi connectivity index (χ1) is 9.32. The first-order valence-electron chi connectivity index (χ1n) is 6.23. The van der Waals surface area contributed by atoms with E-state index in [-0.39, 0.29) is 18.4 Å². The number of rotatable bonds is 7. The van der Waals surface area contributed by atoms with Crippen LogP contribution >= 0.6 is 0 Å². The average Bonchev–Trinajstić information content (AvgIpc) is 2.36. The van der Waals surface area contributed by atoms with Crippen LogP contribution in [0.4, 0.5) is 13.2 Å². The van der Waals surface area contributed by atoms with E-state index in [0.29, 0.717) is 19.3 Å². The number of carboxylic acid groups (broad SMARTS) is 1. The van der Waals surface area contributed by atoms with Crippen LogP contribution in [0.2, 0.25) is 0 Å². The molecule has 1 N–H and O–H groups in total. The third-order valence-corrected chi connectivity index (χ3v) is 2.83. The smallest absolute Gasteiger partial charge is 0.417 e. The van der Waals surface area contributed by atoms with E-state index in [1.165, 1.54) is 18.2 Å². The molecule has 0 aliphatic rings. The van der Waals surface area contributed by atoms with E-state index >= 15 is 0 Å². The Balaban J connectivity index is 2.58. The van der Waals surface area contributed by atoms with Crippen molar-refractivity contribution in [2.24, 2.45) is 0 Å².